The van der Waals surface area contributed by atoms with Crippen molar-refractivity contribution in [3.05, 3.63) is 29.8 Å². The lowest BCUT2D eigenvalue weighted by Gasteiger charge is -2.13. The van der Waals surface area contributed by atoms with Gasteiger partial charge in [0.25, 0.3) is 5.91 Å². The number of ether oxygens (including phenoxy) is 2. The molecule has 0 aromatic heterocycles. The molecule has 1 aromatic rings. The number of amides is 1. The first kappa shape index (κ1) is 16.0. The zero-order chi connectivity index (χ0) is 15.0. The third-order valence-corrected chi connectivity index (χ3v) is 2.81. The maximum Gasteiger partial charge on any atom is 0.307 e. The van der Waals surface area contributed by atoms with Crippen LogP contribution < -0.4 is 10.1 Å². The molecule has 0 heterocycles. The molecular weight excluding hydrogens is 258 g/mol. The molecule has 110 valence electrons. The summed E-state index contributed by atoms with van der Waals surface area (Å²) in [5.41, 5.74) is 1.22. The van der Waals surface area contributed by atoms with Crippen molar-refractivity contribution in [3.8, 4) is 5.75 Å². The minimum absolute atomic E-state index is 0.0724. The number of aryl methyl sites for hydroxylation is 1. The maximum absolute atomic E-state index is 11.6. The van der Waals surface area contributed by atoms with E-state index in [1.54, 1.807) is 6.92 Å². The predicted octanol–water partition coefficient (Wildman–Crippen LogP) is 1.70. The Morgan fingerprint density at radius 2 is 1.90 bits per heavy atom. The average Bonchev–Trinajstić information content (AvgIpc) is 2.45. The van der Waals surface area contributed by atoms with E-state index < -0.39 is 0 Å². The molecule has 1 unspecified atom stereocenters. The second-order valence-electron chi connectivity index (χ2n) is 4.53. The minimum atomic E-state index is -0.353. The Hall–Kier alpha value is -2.04. The van der Waals surface area contributed by atoms with E-state index >= 15 is 0 Å². The predicted molar refractivity (Wildman–Crippen MR) is 75.6 cm³/mol. The number of esters is 1. The Bertz CT molecular complexity index is 442. The van der Waals surface area contributed by atoms with Crippen molar-refractivity contribution < 1.29 is 19.1 Å². The van der Waals surface area contributed by atoms with Crippen molar-refractivity contribution in [1.82, 2.24) is 5.32 Å². The molecule has 20 heavy (non-hydrogen) atoms. The lowest BCUT2D eigenvalue weighted by Crippen LogP contribution is -2.37. The highest BCUT2D eigenvalue weighted by Crippen LogP contribution is 2.12. The topological polar surface area (TPSA) is 64.6 Å². The summed E-state index contributed by atoms with van der Waals surface area (Å²) in [6.07, 6.45) is 1.11. The van der Waals surface area contributed by atoms with Gasteiger partial charge in [-0.05, 0) is 31.0 Å². The number of benzene rings is 1. The van der Waals surface area contributed by atoms with Crippen LogP contribution in [0.2, 0.25) is 0 Å². The number of carbonyl (C=O) groups is 2. The van der Waals surface area contributed by atoms with Gasteiger partial charge in [0.05, 0.1) is 13.5 Å². The number of hydrogen-bond donors (Lipinski definition) is 1. The summed E-state index contributed by atoms with van der Waals surface area (Å²) in [6.45, 7) is 3.74. The molecule has 0 saturated carbocycles. The Labute approximate surface area is 119 Å². The summed E-state index contributed by atoms with van der Waals surface area (Å²) in [5.74, 6) is 0.0350. The molecule has 0 saturated heterocycles. The van der Waals surface area contributed by atoms with Crippen LogP contribution in [0.1, 0.15) is 25.8 Å². The van der Waals surface area contributed by atoms with Gasteiger partial charge in [0, 0.05) is 6.04 Å². The molecule has 5 nitrogen and oxygen atoms in total. The largest absolute Gasteiger partial charge is 0.484 e. The second kappa shape index (κ2) is 8.19. The first-order chi connectivity index (χ1) is 9.55. The molecule has 1 amide bonds. The van der Waals surface area contributed by atoms with Gasteiger partial charge in [-0.3, -0.25) is 9.59 Å². The van der Waals surface area contributed by atoms with Crippen LogP contribution in [-0.2, 0) is 20.7 Å². The van der Waals surface area contributed by atoms with Crippen LogP contribution in [0.3, 0.4) is 0 Å². The van der Waals surface area contributed by atoms with Crippen molar-refractivity contribution in [3.63, 3.8) is 0 Å². The molecule has 0 aliphatic rings. The van der Waals surface area contributed by atoms with Crippen LogP contribution in [0, 0.1) is 0 Å². The van der Waals surface area contributed by atoms with Gasteiger partial charge in [-0.1, -0.05) is 19.1 Å². The zero-order valence-corrected chi connectivity index (χ0v) is 12.1. The monoisotopic (exact) mass is 279 g/mol. The van der Waals surface area contributed by atoms with E-state index in [0.717, 1.165) is 6.42 Å². The van der Waals surface area contributed by atoms with Gasteiger partial charge in [0.15, 0.2) is 6.61 Å². The van der Waals surface area contributed by atoms with Gasteiger partial charge < -0.3 is 14.8 Å². The van der Waals surface area contributed by atoms with Crippen molar-refractivity contribution in [1.29, 1.82) is 0 Å². The van der Waals surface area contributed by atoms with Gasteiger partial charge in [0.1, 0.15) is 5.75 Å². The van der Waals surface area contributed by atoms with Crippen LogP contribution in [0.25, 0.3) is 0 Å². The first-order valence-corrected chi connectivity index (χ1v) is 6.63. The highest BCUT2D eigenvalue weighted by Gasteiger charge is 2.12. The number of carbonyl (C=O) groups excluding carboxylic acids is 2. The van der Waals surface area contributed by atoms with E-state index in [0.29, 0.717) is 5.75 Å². The highest BCUT2D eigenvalue weighted by atomic mass is 16.5. The van der Waals surface area contributed by atoms with Gasteiger partial charge >= 0.3 is 5.97 Å². The van der Waals surface area contributed by atoms with Crippen LogP contribution in [0.4, 0.5) is 0 Å². The van der Waals surface area contributed by atoms with Gasteiger partial charge in [-0.15, -0.1) is 0 Å². The maximum atomic E-state index is 11.6. The highest BCUT2D eigenvalue weighted by molar-refractivity contribution is 5.79. The van der Waals surface area contributed by atoms with Crippen molar-refractivity contribution in [2.45, 2.75) is 32.7 Å². The number of methoxy groups -OCH3 is 1. The smallest absolute Gasteiger partial charge is 0.307 e. The molecule has 0 spiro atoms. The number of rotatable bonds is 7. The number of hydrogen-bond acceptors (Lipinski definition) is 4. The summed E-state index contributed by atoms with van der Waals surface area (Å²) in [5, 5.41) is 2.67. The van der Waals surface area contributed by atoms with Crippen LogP contribution in [0.15, 0.2) is 24.3 Å². The SMILES string of the molecule is CCc1ccc(OCC(=O)NC(C)CC(=O)OC)cc1. The molecule has 0 bridgehead atoms. The normalized spacial score (nSPS) is 11.6. The van der Waals surface area contributed by atoms with E-state index in [-0.39, 0.29) is 30.9 Å². The molecule has 1 atom stereocenters. The van der Waals surface area contributed by atoms with E-state index in [1.165, 1.54) is 12.7 Å². The molecule has 1 rings (SSSR count). The second-order valence-corrected chi connectivity index (χ2v) is 4.53. The Kier molecular flexibility index (Phi) is 6.56. The molecule has 5 heteroatoms. The Morgan fingerprint density at radius 3 is 2.45 bits per heavy atom. The fourth-order valence-electron chi connectivity index (χ4n) is 1.67. The van der Waals surface area contributed by atoms with Gasteiger partial charge in [-0.25, -0.2) is 0 Å². The van der Waals surface area contributed by atoms with Crippen molar-refractivity contribution >= 4 is 11.9 Å². The Balaban J connectivity index is 2.33. The fourth-order valence-corrected chi connectivity index (χ4v) is 1.67. The summed E-state index contributed by atoms with van der Waals surface area (Å²) in [4.78, 5) is 22.7. The molecule has 1 aromatic carbocycles. The van der Waals surface area contributed by atoms with Gasteiger partial charge in [-0.2, -0.15) is 0 Å². The summed E-state index contributed by atoms with van der Waals surface area (Å²) >= 11 is 0. The zero-order valence-electron chi connectivity index (χ0n) is 12.1. The lowest BCUT2D eigenvalue weighted by atomic mass is 10.2. The van der Waals surface area contributed by atoms with Crippen LogP contribution in [0.5, 0.6) is 5.75 Å². The third-order valence-electron chi connectivity index (χ3n) is 2.81. The minimum Gasteiger partial charge on any atom is -0.484 e. The molecule has 0 aliphatic heterocycles. The van der Waals surface area contributed by atoms with E-state index in [2.05, 4.69) is 17.0 Å². The van der Waals surface area contributed by atoms with Crippen molar-refractivity contribution in [2.24, 2.45) is 0 Å². The molecular formula is C15H21NO4. The third kappa shape index (κ3) is 5.73. The lowest BCUT2D eigenvalue weighted by molar-refractivity contribution is -0.141. The first-order valence-electron chi connectivity index (χ1n) is 6.63. The summed E-state index contributed by atoms with van der Waals surface area (Å²) in [7, 11) is 1.32. The van der Waals surface area contributed by atoms with Gasteiger partial charge in [0.2, 0.25) is 0 Å². The Morgan fingerprint density at radius 1 is 1.25 bits per heavy atom. The summed E-state index contributed by atoms with van der Waals surface area (Å²) in [6, 6.07) is 7.33. The standard InChI is InChI=1S/C15H21NO4/c1-4-12-5-7-13(8-6-12)20-10-14(17)16-11(2)9-15(18)19-3/h5-8,11H,4,9-10H2,1-3H3,(H,16,17). The van der Waals surface area contributed by atoms with Crippen LogP contribution in [-0.4, -0.2) is 31.6 Å². The quantitative estimate of drug-likeness (QED) is 0.771. The summed E-state index contributed by atoms with van der Waals surface area (Å²) < 4.78 is 9.90. The molecule has 0 radical (unpaired) electrons. The van der Waals surface area contributed by atoms with E-state index in [9.17, 15) is 9.59 Å². The number of nitrogens with one attached hydrogen (secondary N) is 1. The van der Waals surface area contributed by atoms with Crippen molar-refractivity contribution in [2.75, 3.05) is 13.7 Å². The molecule has 0 fully saturated rings. The molecule has 0 aliphatic carbocycles. The molecule has 1 N–H and O–H groups in total. The fraction of sp³-hybridized carbons (Fsp3) is 0.467. The van der Waals surface area contributed by atoms with E-state index in [4.69, 9.17) is 4.74 Å². The van der Waals surface area contributed by atoms with E-state index in [1.807, 2.05) is 24.3 Å². The average molecular weight is 279 g/mol. The van der Waals surface area contributed by atoms with Crippen LogP contribution >= 0.6 is 0 Å².